The van der Waals surface area contributed by atoms with Crippen LogP contribution >= 0.6 is 0 Å². The molecule has 1 atom stereocenters. The number of hydrogen-bond donors (Lipinski definition) is 2. The first kappa shape index (κ1) is 25.4. The maximum atomic E-state index is 11.2. The van der Waals surface area contributed by atoms with E-state index in [0.29, 0.717) is 12.3 Å². The van der Waals surface area contributed by atoms with Crippen LogP contribution in [0.3, 0.4) is 0 Å². The third kappa shape index (κ3) is 6.56. The van der Waals surface area contributed by atoms with E-state index in [1.165, 1.54) is 11.1 Å². The van der Waals surface area contributed by atoms with Gasteiger partial charge in [0.25, 0.3) is 0 Å². The van der Waals surface area contributed by atoms with Crippen LogP contribution in [0.25, 0.3) is 5.70 Å². The van der Waals surface area contributed by atoms with Gasteiger partial charge >= 0.3 is 6.03 Å². The molecule has 0 bridgehead atoms. The summed E-state index contributed by atoms with van der Waals surface area (Å²) in [5.41, 5.74) is 5.24. The maximum Gasteiger partial charge on any atom is 0.319 e. The number of methoxy groups -OCH3 is 1. The molecule has 1 fully saturated rings. The van der Waals surface area contributed by atoms with Crippen LogP contribution in [-0.2, 0) is 6.54 Å². The highest BCUT2D eigenvalue weighted by Crippen LogP contribution is 2.32. The predicted molar refractivity (Wildman–Crippen MR) is 134 cm³/mol. The van der Waals surface area contributed by atoms with Crippen LogP contribution in [0.1, 0.15) is 43.5 Å². The molecule has 2 amide bonds. The van der Waals surface area contributed by atoms with Gasteiger partial charge in [0.1, 0.15) is 18.1 Å². The molecule has 0 spiro atoms. The Bertz CT molecular complexity index is 1050. The predicted octanol–water partition coefficient (Wildman–Crippen LogP) is 5.09. The van der Waals surface area contributed by atoms with Crippen molar-refractivity contribution in [3.05, 3.63) is 78.0 Å². The van der Waals surface area contributed by atoms with Crippen molar-refractivity contribution >= 4 is 11.7 Å². The Hall–Kier alpha value is -3.85. The van der Waals surface area contributed by atoms with Gasteiger partial charge in [0, 0.05) is 30.5 Å². The molecule has 2 N–H and O–H groups in total. The first-order valence-corrected chi connectivity index (χ1v) is 10.9. The molecule has 4 rings (SSSR count). The van der Waals surface area contributed by atoms with Gasteiger partial charge in [-0.3, -0.25) is 0 Å². The number of hydrogen-bond acceptors (Lipinski definition) is 4. The molecule has 2 heterocycles. The molecule has 0 radical (unpaired) electrons. The van der Waals surface area contributed by atoms with Crippen molar-refractivity contribution in [2.24, 2.45) is 0 Å². The Kier molecular flexibility index (Phi) is 9.44. The molecular formula is C27H33N3O3. The second-order valence-electron chi connectivity index (χ2n) is 7.17. The van der Waals surface area contributed by atoms with Crippen LogP contribution in [0.4, 0.5) is 4.79 Å². The molecule has 0 aromatic heterocycles. The summed E-state index contributed by atoms with van der Waals surface area (Å²) in [5.74, 6) is 7.24. The van der Waals surface area contributed by atoms with E-state index in [1.54, 1.807) is 14.0 Å². The third-order valence-corrected chi connectivity index (χ3v) is 5.10. The maximum absolute atomic E-state index is 11.2. The summed E-state index contributed by atoms with van der Waals surface area (Å²) in [6.07, 6.45) is 0. The van der Waals surface area contributed by atoms with Crippen molar-refractivity contribution in [2.45, 2.75) is 33.4 Å². The van der Waals surface area contributed by atoms with Crippen LogP contribution in [0.2, 0.25) is 0 Å². The number of benzene rings is 2. The Morgan fingerprint density at radius 1 is 1.12 bits per heavy atom. The second kappa shape index (κ2) is 12.3. The second-order valence-corrected chi connectivity index (χ2v) is 7.17. The normalized spacial score (nSPS) is 15.5. The van der Waals surface area contributed by atoms with Gasteiger partial charge in [0.15, 0.2) is 0 Å². The SMILES string of the molecule is C=C1NC(=O)NC1c1ccc(OCC#CC)cc1.C=C1c2cc(OC)ccc2CN1C.CC. The minimum Gasteiger partial charge on any atom is -0.497 e. The van der Waals surface area contributed by atoms with E-state index in [-0.39, 0.29) is 12.1 Å². The summed E-state index contributed by atoms with van der Waals surface area (Å²) in [4.78, 5) is 13.3. The highest BCUT2D eigenvalue weighted by molar-refractivity contribution is 5.80. The van der Waals surface area contributed by atoms with E-state index < -0.39 is 0 Å². The lowest BCUT2D eigenvalue weighted by molar-refractivity contribution is 0.247. The average molecular weight is 448 g/mol. The number of carbonyl (C=O) groups excluding carboxylic acids is 1. The molecule has 0 aliphatic carbocycles. The van der Waals surface area contributed by atoms with Gasteiger partial charge in [-0.05, 0) is 42.3 Å². The standard InChI is InChI=1S/C14H14N2O2.C11H13NO.C2H6/c1-3-4-9-18-12-7-5-11(6-8-12)13-10(2)15-14(17)16-13;1-8-11-6-10(13-3)5-4-9(11)7-12(8)2;1-2/h5-8,13H,2,9H2,1H3,(H2,15,16,17);4-6H,1,7H2,2-3H3;1-2H3. The summed E-state index contributed by atoms with van der Waals surface area (Å²) in [5, 5.41) is 5.41. The fraction of sp³-hybridized carbons (Fsp3) is 0.296. The number of fused-ring (bicyclic) bond motifs is 1. The Morgan fingerprint density at radius 2 is 1.79 bits per heavy atom. The molecule has 6 heteroatoms. The van der Waals surface area contributed by atoms with Crippen molar-refractivity contribution in [3.8, 4) is 23.3 Å². The lowest BCUT2D eigenvalue weighted by Gasteiger charge is -2.11. The van der Waals surface area contributed by atoms with Gasteiger partial charge in [-0.1, -0.05) is 51.1 Å². The Labute approximate surface area is 197 Å². The topological polar surface area (TPSA) is 62.8 Å². The number of urea groups is 1. The summed E-state index contributed by atoms with van der Waals surface area (Å²) in [6, 6.07) is 13.2. The molecule has 2 aliphatic rings. The van der Waals surface area contributed by atoms with Crippen molar-refractivity contribution in [3.63, 3.8) is 0 Å². The van der Waals surface area contributed by atoms with Crippen molar-refractivity contribution in [2.75, 3.05) is 20.8 Å². The molecule has 174 valence electrons. The first-order valence-electron chi connectivity index (χ1n) is 10.9. The Balaban J connectivity index is 0.000000227. The van der Waals surface area contributed by atoms with E-state index >= 15 is 0 Å². The number of amides is 2. The number of carbonyl (C=O) groups is 1. The van der Waals surface area contributed by atoms with Gasteiger partial charge in [-0.25, -0.2) is 4.79 Å². The van der Waals surface area contributed by atoms with Gasteiger partial charge in [0.05, 0.1) is 13.2 Å². The monoisotopic (exact) mass is 447 g/mol. The minimum atomic E-state index is -0.219. The van der Waals surface area contributed by atoms with Gasteiger partial charge < -0.3 is 25.0 Å². The molecular weight excluding hydrogens is 414 g/mol. The molecule has 2 aliphatic heterocycles. The van der Waals surface area contributed by atoms with Crippen LogP contribution in [0, 0.1) is 11.8 Å². The van der Waals surface area contributed by atoms with Gasteiger partial charge in [-0.15, -0.1) is 5.92 Å². The zero-order valence-electron chi connectivity index (χ0n) is 20.1. The summed E-state index contributed by atoms with van der Waals surface area (Å²) < 4.78 is 10.6. The molecule has 2 aromatic rings. The first-order chi connectivity index (χ1) is 15.9. The van der Waals surface area contributed by atoms with Crippen LogP contribution in [-0.4, -0.2) is 31.7 Å². The number of nitrogens with zero attached hydrogens (tertiary/aromatic N) is 1. The lowest BCUT2D eigenvalue weighted by Crippen LogP contribution is -2.21. The third-order valence-electron chi connectivity index (χ3n) is 5.10. The average Bonchev–Trinajstić information content (AvgIpc) is 3.33. The van der Waals surface area contributed by atoms with Crippen molar-refractivity contribution in [1.82, 2.24) is 15.5 Å². The fourth-order valence-electron chi connectivity index (χ4n) is 3.35. The van der Waals surface area contributed by atoms with Crippen molar-refractivity contribution in [1.29, 1.82) is 0 Å². The van der Waals surface area contributed by atoms with Crippen LogP contribution in [0.5, 0.6) is 11.5 Å². The molecule has 1 saturated heterocycles. The van der Waals surface area contributed by atoms with E-state index in [2.05, 4.69) is 53.6 Å². The zero-order chi connectivity index (χ0) is 24.4. The van der Waals surface area contributed by atoms with Crippen LogP contribution < -0.4 is 20.1 Å². The Morgan fingerprint density at radius 3 is 2.36 bits per heavy atom. The highest BCUT2D eigenvalue weighted by Gasteiger charge is 2.25. The van der Waals surface area contributed by atoms with Gasteiger partial charge in [-0.2, -0.15) is 0 Å². The van der Waals surface area contributed by atoms with Gasteiger partial charge in [0.2, 0.25) is 0 Å². The number of rotatable bonds is 4. The smallest absolute Gasteiger partial charge is 0.319 e. The highest BCUT2D eigenvalue weighted by atomic mass is 16.5. The van der Waals surface area contributed by atoms with Crippen LogP contribution in [0.15, 0.2) is 61.3 Å². The molecule has 33 heavy (non-hydrogen) atoms. The molecule has 0 saturated carbocycles. The number of ether oxygens (including phenoxy) is 2. The van der Waals surface area contributed by atoms with E-state index in [1.807, 2.05) is 50.2 Å². The van der Waals surface area contributed by atoms with Crippen molar-refractivity contribution < 1.29 is 14.3 Å². The molecule has 6 nitrogen and oxygen atoms in total. The summed E-state index contributed by atoms with van der Waals surface area (Å²) in [7, 11) is 3.73. The minimum absolute atomic E-state index is 0.179. The largest absolute Gasteiger partial charge is 0.497 e. The summed E-state index contributed by atoms with van der Waals surface area (Å²) >= 11 is 0. The molecule has 1 unspecified atom stereocenters. The van der Waals surface area contributed by atoms with E-state index in [4.69, 9.17) is 9.47 Å². The zero-order valence-corrected chi connectivity index (χ0v) is 20.1. The number of nitrogens with one attached hydrogen (secondary N) is 2. The summed E-state index contributed by atoms with van der Waals surface area (Å²) in [6.45, 7) is 14.9. The van der Waals surface area contributed by atoms with E-state index in [9.17, 15) is 4.79 Å². The fourth-order valence-corrected chi connectivity index (χ4v) is 3.35. The van der Waals surface area contributed by atoms with E-state index in [0.717, 1.165) is 29.3 Å². The molecule has 2 aromatic carbocycles. The quantitative estimate of drug-likeness (QED) is 0.641. The lowest BCUT2D eigenvalue weighted by atomic mass is 10.1.